The lowest BCUT2D eigenvalue weighted by Crippen LogP contribution is -2.46. The van der Waals surface area contributed by atoms with Crippen molar-refractivity contribution in [3.05, 3.63) is 60.2 Å². The summed E-state index contributed by atoms with van der Waals surface area (Å²) >= 11 is 0. The van der Waals surface area contributed by atoms with Crippen LogP contribution in [-0.4, -0.2) is 63.4 Å². The Morgan fingerprint density at radius 1 is 0.971 bits per heavy atom. The minimum absolute atomic E-state index is 0. The zero-order valence-electron chi connectivity index (χ0n) is 20.6. The molecule has 0 aliphatic carbocycles. The summed E-state index contributed by atoms with van der Waals surface area (Å²) in [5.41, 5.74) is 2.64. The van der Waals surface area contributed by atoms with Crippen LogP contribution in [0.3, 0.4) is 0 Å². The second-order valence-electron chi connectivity index (χ2n) is 9.19. The fourth-order valence-corrected chi connectivity index (χ4v) is 4.99. The molecule has 35 heavy (non-hydrogen) atoms. The maximum atomic E-state index is 11.2. The molecule has 0 unspecified atom stereocenters. The molecular formula is C27H39Cl2N3O3. The lowest BCUT2D eigenvalue weighted by molar-refractivity contribution is -0.142. The third-order valence-corrected chi connectivity index (χ3v) is 6.95. The van der Waals surface area contributed by atoms with Gasteiger partial charge < -0.3 is 19.7 Å². The minimum Gasteiger partial charge on any atom is -0.482 e. The van der Waals surface area contributed by atoms with Crippen LogP contribution < -0.4 is 15.0 Å². The normalized spacial score (nSPS) is 16.8. The Balaban J connectivity index is 0.00000216. The largest absolute Gasteiger partial charge is 0.482 e. The Labute approximate surface area is 222 Å². The number of esters is 1. The van der Waals surface area contributed by atoms with Gasteiger partial charge in [0.25, 0.3) is 0 Å². The highest BCUT2D eigenvalue weighted by Gasteiger charge is 2.26. The number of halogens is 2. The molecule has 0 atom stereocenters. The topological polar surface area (TPSA) is 54.0 Å². The van der Waals surface area contributed by atoms with E-state index in [-0.39, 0.29) is 37.4 Å². The molecule has 2 fully saturated rings. The molecule has 194 valence electrons. The first-order chi connectivity index (χ1) is 16.2. The van der Waals surface area contributed by atoms with E-state index < -0.39 is 0 Å². The van der Waals surface area contributed by atoms with Gasteiger partial charge in [-0.25, -0.2) is 4.79 Å². The van der Waals surface area contributed by atoms with Crippen molar-refractivity contribution in [2.24, 2.45) is 5.92 Å². The van der Waals surface area contributed by atoms with Gasteiger partial charge >= 0.3 is 5.97 Å². The molecule has 6 nitrogen and oxygen atoms in total. The number of piperidine rings is 2. The van der Waals surface area contributed by atoms with Gasteiger partial charge in [0.2, 0.25) is 0 Å². The Morgan fingerprint density at radius 2 is 1.63 bits per heavy atom. The Bertz CT molecular complexity index is 856. The van der Waals surface area contributed by atoms with Gasteiger partial charge in [-0.2, -0.15) is 0 Å². The fraction of sp³-hybridized carbons (Fsp3) is 0.519. The van der Waals surface area contributed by atoms with Crippen LogP contribution in [0.5, 0.6) is 5.75 Å². The van der Waals surface area contributed by atoms with Crippen molar-refractivity contribution >= 4 is 36.5 Å². The van der Waals surface area contributed by atoms with Gasteiger partial charge in [-0.3, -0.25) is 4.90 Å². The number of ether oxygens (including phenoxy) is 2. The summed E-state index contributed by atoms with van der Waals surface area (Å²) < 4.78 is 10.1. The molecule has 2 saturated heterocycles. The number of hydrogen-bond donors (Lipinski definition) is 1. The van der Waals surface area contributed by atoms with Crippen molar-refractivity contribution < 1.29 is 14.3 Å². The van der Waals surface area contributed by atoms with E-state index in [0.29, 0.717) is 11.8 Å². The number of carbonyl (C=O) groups is 1. The third kappa shape index (κ3) is 8.87. The van der Waals surface area contributed by atoms with Crippen LogP contribution in [0.15, 0.2) is 54.6 Å². The molecule has 2 aromatic carbocycles. The highest BCUT2D eigenvalue weighted by Crippen LogP contribution is 2.27. The quantitative estimate of drug-likeness (QED) is 0.486. The molecule has 0 saturated carbocycles. The van der Waals surface area contributed by atoms with Crippen LogP contribution in [0.25, 0.3) is 0 Å². The highest BCUT2D eigenvalue weighted by molar-refractivity contribution is 5.85. The number of benzene rings is 2. The summed E-state index contributed by atoms with van der Waals surface area (Å²) in [6.07, 6.45) is 4.93. The summed E-state index contributed by atoms with van der Waals surface area (Å²) in [5.74, 6) is 1.06. The average Bonchev–Trinajstić information content (AvgIpc) is 2.89. The maximum Gasteiger partial charge on any atom is 0.343 e. The van der Waals surface area contributed by atoms with Crippen molar-refractivity contribution in [2.45, 2.75) is 38.3 Å². The van der Waals surface area contributed by atoms with Gasteiger partial charge in [0.1, 0.15) is 5.75 Å². The molecule has 0 spiro atoms. The average molecular weight is 525 g/mol. The number of hydrogen-bond acceptors (Lipinski definition) is 6. The first kappa shape index (κ1) is 29.2. The number of rotatable bonds is 9. The van der Waals surface area contributed by atoms with Crippen molar-refractivity contribution in [3.8, 4) is 5.75 Å². The van der Waals surface area contributed by atoms with Crippen molar-refractivity contribution in [2.75, 3.05) is 51.3 Å². The summed E-state index contributed by atoms with van der Waals surface area (Å²) in [7, 11) is 1.37. The van der Waals surface area contributed by atoms with Crippen LogP contribution in [-0.2, 0) is 16.1 Å². The van der Waals surface area contributed by atoms with Gasteiger partial charge in [0.05, 0.1) is 7.11 Å². The van der Waals surface area contributed by atoms with E-state index in [1.54, 1.807) is 0 Å². The standard InChI is InChI=1S/C27H37N3O3.2ClH/c1-32-27(31)21-33-26-9-7-24(8-10-26)29-17-13-23(14-18-29)20-30(25-11-15-28-16-12-25)19-22-5-3-2-4-6-22;;/h2-10,23,25,28H,11-21H2,1H3;2*1H. The predicted molar refractivity (Wildman–Crippen MR) is 146 cm³/mol. The van der Waals surface area contributed by atoms with Crippen LogP contribution in [0.1, 0.15) is 31.2 Å². The zero-order valence-corrected chi connectivity index (χ0v) is 22.2. The Morgan fingerprint density at radius 3 is 2.26 bits per heavy atom. The van der Waals surface area contributed by atoms with Gasteiger partial charge in [-0.15, -0.1) is 24.8 Å². The van der Waals surface area contributed by atoms with Crippen molar-refractivity contribution in [1.82, 2.24) is 10.2 Å². The minimum atomic E-state index is -0.369. The van der Waals surface area contributed by atoms with E-state index in [1.807, 2.05) is 12.1 Å². The van der Waals surface area contributed by atoms with Crippen LogP contribution in [0.4, 0.5) is 5.69 Å². The van der Waals surface area contributed by atoms with Crippen molar-refractivity contribution in [3.63, 3.8) is 0 Å². The van der Waals surface area contributed by atoms with E-state index in [4.69, 9.17) is 4.74 Å². The first-order valence-electron chi connectivity index (χ1n) is 12.2. The maximum absolute atomic E-state index is 11.2. The van der Waals surface area contributed by atoms with Crippen LogP contribution in [0.2, 0.25) is 0 Å². The molecule has 2 heterocycles. The lowest BCUT2D eigenvalue weighted by Gasteiger charge is -2.40. The molecule has 0 radical (unpaired) electrons. The van der Waals surface area contributed by atoms with Crippen molar-refractivity contribution in [1.29, 1.82) is 0 Å². The van der Waals surface area contributed by atoms with E-state index in [0.717, 1.165) is 38.6 Å². The zero-order chi connectivity index (χ0) is 22.9. The lowest BCUT2D eigenvalue weighted by atomic mass is 9.93. The Kier molecular flexibility index (Phi) is 12.7. The number of methoxy groups -OCH3 is 1. The second-order valence-corrected chi connectivity index (χ2v) is 9.19. The summed E-state index contributed by atoms with van der Waals surface area (Å²) in [6, 6.07) is 19.7. The molecule has 2 aliphatic rings. The highest BCUT2D eigenvalue weighted by atomic mass is 35.5. The monoisotopic (exact) mass is 523 g/mol. The molecule has 0 amide bonds. The van der Waals surface area contributed by atoms with Gasteiger partial charge in [0.15, 0.2) is 6.61 Å². The molecule has 0 bridgehead atoms. The first-order valence-corrected chi connectivity index (χ1v) is 12.2. The molecule has 2 aromatic rings. The summed E-state index contributed by atoms with van der Waals surface area (Å²) in [6.45, 7) is 6.61. The van der Waals surface area contributed by atoms with Crippen LogP contribution in [0, 0.1) is 5.92 Å². The summed E-state index contributed by atoms with van der Waals surface area (Å²) in [5, 5.41) is 3.52. The number of anilines is 1. The molecular weight excluding hydrogens is 485 g/mol. The third-order valence-electron chi connectivity index (χ3n) is 6.95. The second kappa shape index (κ2) is 15.2. The SMILES string of the molecule is COC(=O)COc1ccc(N2CCC(CN(Cc3ccccc3)C3CCNCC3)CC2)cc1.Cl.Cl. The van der Waals surface area contributed by atoms with Gasteiger partial charge in [-0.1, -0.05) is 30.3 Å². The van der Waals surface area contributed by atoms with E-state index in [1.165, 1.54) is 50.6 Å². The van der Waals surface area contributed by atoms with E-state index in [2.05, 4.69) is 62.3 Å². The number of carbonyl (C=O) groups excluding carboxylic acids is 1. The Hall–Kier alpha value is -1.99. The number of nitrogens with zero attached hydrogens (tertiary/aromatic N) is 2. The van der Waals surface area contributed by atoms with Crippen LogP contribution >= 0.6 is 24.8 Å². The molecule has 8 heteroatoms. The smallest absolute Gasteiger partial charge is 0.343 e. The summed E-state index contributed by atoms with van der Waals surface area (Å²) in [4.78, 5) is 16.5. The van der Waals surface area contributed by atoms with E-state index >= 15 is 0 Å². The molecule has 0 aromatic heterocycles. The van der Waals surface area contributed by atoms with Gasteiger partial charge in [0, 0.05) is 37.9 Å². The molecule has 1 N–H and O–H groups in total. The van der Waals surface area contributed by atoms with Gasteiger partial charge in [-0.05, 0) is 74.5 Å². The molecule has 4 rings (SSSR count). The molecule has 2 aliphatic heterocycles. The number of nitrogens with one attached hydrogen (secondary N) is 1. The fourth-order valence-electron chi connectivity index (χ4n) is 4.99. The van der Waals surface area contributed by atoms with E-state index in [9.17, 15) is 4.79 Å². The predicted octanol–water partition coefficient (Wildman–Crippen LogP) is 4.55.